The van der Waals surface area contributed by atoms with E-state index in [4.69, 9.17) is 16.7 Å². The third-order valence-corrected chi connectivity index (χ3v) is 2.86. The lowest BCUT2D eigenvalue weighted by Crippen LogP contribution is -2.17. The van der Waals surface area contributed by atoms with E-state index in [2.05, 4.69) is 9.97 Å². The molecule has 2 N–H and O–H groups in total. The number of alkyl halides is 3. The highest BCUT2D eigenvalue weighted by Crippen LogP contribution is 2.33. The standard InChI is InChI=1S/C12H6ClF3N2O3/c13-8-2-6(12(14,15)16)4-17-9(8)5-1-7(11(20)21)10(19)18-3-5/h1-4H,(H,18,19)(H,20,21). The number of rotatable bonds is 2. The predicted molar refractivity (Wildman–Crippen MR) is 67.3 cm³/mol. The maximum absolute atomic E-state index is 12.5. The van der Waals surface area contributed by atoms with Crippen molar-refractivity contribution in [2.45, 2.75) is 6.18 Å². The SMILES string of the molecule is O=C(O)c1cc(-c2ncc(C(F)(F)F)cc2Cl)c[nH]c1=O. The molecule has 9 heteroatoms. The Labute approximate surface area is 120 Å². The van der Waals surface area contributed by atoms with Crippen molar-refractivity contribution >= 4 is 17.6 Å². The van der Waals surface area contributed by atoms with Crippen LogP contribution in [0.1, 0.15) is 15.9 Å². The van der Waals surface area contributed by atoms with Crippen molar-refractivity contribution in [1.82, 2.24) is 9.97 Å². The van der Waals surface area contributed by atoms with Crippen molar-refractivity contribution in [3.8, 4) is 11.3 Å². The molecule has 0 aliphatic carbocycles. The van der Waals surface area contributed by atoms with Crippen molar-refractivity contribution in [1.29, 1.82) is 0 Å². The maximum atomic E-state index is 12.5. The van der Waals surface area contributed by atoms with Crippen LogP contribution in [0.3, 0.4) is 0 Å². The number of aromatic nitrogens is 2. The van der Waals surface area contributed by atoms with Crippen LogP contribution in [0.25, 0.3) is 11.3 Å². The maximum Gasteiger partial charge on any atom is 0.417 e. The Bertz CT molecular complexity index is 771. The second kappa shape index (κ2) is 5.21. The van der Waals surface area contributed by atoms with Crippen LogP contribution < -0.4 is 5.56 Å². The number of aromatic carboxylic acids is 1. The highest BCUT2D eigenvalue weighted by Gasteiger charge is 2.31. The molecular formula is C12H6ClF3N2O3. The van der Waals surface area contributed by atoms with Crippen LogP contribution in [0.4, 0.5) is 13.2 Å². The average Bonchev–Trinajstić information content (AvgIpc) is 2.38. The molecule has 0 aliphatic rings. The number of aromatic amines is 1. The molecule has 0 radical (unpaired) electrons. The summed E-state index contributed by atoms with van der Waals surface area (Å²) < 4.78 is 37.5. The second-order valence-electron chi connectivity index (χ2n) is 3.99. The van der Waals surface area contributed by atoms with Gasteiger partial charge in [0.1, 0.15) is 5.56 Å². The van der Waals surface area contributed by atoms with Crippen LogP contribution in [0.2, 0.25) is 5.02 Å². The molecule has 0 saturated carbocycles. The van der Waals surface area contributed by atoms with Crippen molar-refractivity contribution in [3.63, 3.8) is 0 Å². The predicted octanol–water partition coefficient (Wildman–Crippen LogP) is 2.81. The molecule has 0 aromatic carbocycles. The summed E-state index contributed by atoms with van der Waals surface area (Å²) in [7, 11) is 0. The van der Waals surface area contributed by atoms with Crippen molar-refractivity contribution < 1.29 is 23.1 Å². The number of halogens is 4. The summed E-state index contributed by atoms with van der Waals surface area (Å²) in [6.45, 7) is 0. The molecule has 2 aromatic heterocycles. The molecule has 0 amide bonds. The minimum Gasteiger partial charge on any atom is -0.477 e. The molecule has 0 atom stereocenters. The van der Waals surface area contributed by atoms with Crippen LogP contribution in [-0.4, -0.2) is 21.0 Å². The van der Waals surface area contributed by atoms with E-state index in [1.54, 1.807) is 0 Å². The van der Waals surface area contributed by atoms with E-state index in [-0.39, 0.29) is 16.3 Å². The summed E-state index contributed by atoms with van der Waals surface area (Å²) in [6.07, 6.45) is -2.89. The first-order valence-electron chi connectivity index (χ1n) is 5.39. The fourth-order valence-corrected chi connectivity index (χ4v) is 1.86. The molecule has 0 unspecified atom stereocenters. The molecule has 5 nitrogen and oxygen atoms in total. The highest BCUT2D eigenvalue weighted by molar-refractivity contribution is 6.33. The van der Waals surface area contributed by atoms with Crippen molar-refractivity contribution in [2.75, 3.05) is 0 Å². The number of hydrogen-bond acceptors (Lipinski definition) is 3. The molecule has 110 valence electrons. The third-order valence-electron chi connectivity index (χ3n) is 2.58. The third kappa shape index (κ3) is 3.05. The van der Waals surface area contributed by atoms with E-state index in [9.17, 15) is 22.8 Å². The van der Waals surface area contributed by atoms with Crippen LogP contribution in [0.5, 0.6) is 0 Å². The normalized spacial score (nSPS) is 11.4. The van der Waals surface area contributed by atoms with Crippen molar-refractivity contribution in [2.24, 2.45) is 0 Å². The van der Waals surface area contributed by atoms with Gasteiger partial charge < -0.3 is 10.1 Å². The molecule has 0 bridgehead atoms. The fraction of sp³-hybridized carbons (Fsp3) is 0.0833. The Morgan fingerprint density at radius 1 is 1.33 bits per heavy atom. The van der Waals surface area contributed by atoms with E-state index >= 15 is 0 Å². The molecular weight excluding hydrogens is 313 g/mol. The monoisotopic (exact) mass is 318 g/mol. The Balaban J connectivity index is 2.55. The Morgan fingerprint density at radius 2 is 2.00 bits per heavy atom. The minimum absolute atomic E-state index is 0.0663. The fourth-order valence-electron chi connectivity index (χ4n) is 1.58. The van der Waals surface area contributed by atoms with Crippen LogP contribution >= 0.6 is 11.6 Å². The zero-order valence-corrected chi connectivity index (χ0v) is 10.8. The van der Waals surface area contributed by atoms with E-state index in [1.807, 2.05) is 0 Å². The Kier molecular flexibility index (Phi) is 3.73. The average molecular weight is 319 g/mol. The highest BCUT2D eigenvalue weighted by atomic mass is 35.5. The van der Waals surface area contributed by atoms with Gasteiger partial charge in [-0.05, 0) is 12.1 Å². The minimum atomic E-state index is -4.59. The van der Waals surface area contributed by atoms with Gasteiger partial charge in [-0.3, -0.25) is 9.78 Å². The smallest absolute Gasteiger partial charge is 0.417 e. The van der Waals surface area contributed by atoms with Gasteiger partial charge in [-0.15, -0.1) is 0 Å². The summed E-state index contributed by atoms with van der Waals surface area (Å²) in [5, 5.41) is 8.52. The molecule has 0 fully saturated rings. The number of H-pyrrole nitrogens is 1. The lowest BCUT2D eigenvalue weighted by molar-refractivity contribution is -0.137. The first kappa shape index (κ1) is 15.0. The van der Waals surface area contributed by atoms with Crippen molar-refractivity contribution in [3.05, 3.63) is 51.0 Å². The quantitative estimate of drug-likeness (QED) is 0.892. The van der Waals surface area contributed by atoms with E-state index < -0.39 is 28.8 Å². The van der Waals surface area contributed by atoms with Gasteiger partial charge >= 0.3 is 12.1 Å². The molecule has 0 aliphatic heterocycles. The molecule has 0 saturated heterocycles. The summed E-state index contributed by atoms with van der Waals surface area (Å²) in [4.78, 5) is 27.9. The first-order valence-corrected chi connectivity index (χ1v) is 5.77. The van der Waals surface area contributed by atoms with Gasteiger partial charge in [-0.1, -0.05) is 11.6 Å². The second-order valence-corrected chi connectivity index (χ2v) is 4.40. The van der Waals surface area contributed by atoms with Gasteiger partial charge in [-0.25, -0.2) is 4.79 Å². The van der Waals surface area contributed by atoms with E-state index in [0.29, 0.717) is 12.3 Å². The lowest BCUT2D eigenvalue weighted by Gasteiger charge is -2.09. The summed E-state index contributed by atoms with van der Waals surface area (Å²) in [5.74, 6) is -1.47. The summed E-state index contributed by atoms with van der Waals surface area (Å²) in [6, 6.07) is 1.66. The molecule has 0 spiro atoms. The number of hydrogen-bond donors (Lipinski definition) is 2. The van der Waals surface area contributed by atoms with Gasteiger partial charge in [0, 0.05) is 18.0 Å². The van der Waals surface area contributed by atoms with E-state index in [1.165, 1.54) is 0 Å². The van der Waals surface area contributed by atoms with Gasteiger partial charge in [0.15, 0.2) is 0 Å². The number of nitrogens with zero attached hydrogens (tertiary/aromatic N) is 1. The lowest BCUT2D eigenvalue weighted by atomic mass is 10.1. The zero-order chi connectivity index (χ0) is 15.8. The van der Waals surface area contributed by atoms with Crippen LogP contribution in [0.15, 0.2) is 29.3 Å². The zero-order valence-electron chi connectivity index (χ0n) is 10.0. The Hall–Kier alpha value is -2.35. The van der Waals surface area contributed by atoms with Gasteiger partial charge in [0.05, 0.1) is 16.3 Å². The summed E-state index contributed by atoms with van der Waals surface area (Å²) >= 11 is 5.74. The van der Waals surface area contributed by atoms with E-state index in [0.717, 1.165) is 12.3 Å². The van der Waals surface area contributed by atoms with Gasteiger partial charge in [-0.2, -0.15) is 13.2 Å². The first-order chi connectivity index (χ1) is 9.70. The molecule has 21 heavy (non-hydrogen) atoms. The van der Waals surface area contributed by atoms with Gasteiger partial charge in [0.25, 0.3) is 5.56 Å². The topological polar surface area (TPSA) is 83.0 Å². The molecule has 2 rings (SSSR count). The largest absolute Gasteiger partial charge is 0.477 e. The number of carbonyl (C=O) groups is 1. The van der Waals surface area contributed by atoms with Gasteiger partial charge in [0.2, 0.25) is 0 Å². The van der Waals surface area contributed by atoms with Crippen LogP contribution in [-0.2, 0) is 6.18 Å². The molecule has 2 heterocycles. The number of pyridine rings is 2. The van der Waals surface area contributed by atoms with Crippen LogP contribution in [0, 0.1) is 0 Å². The number of nitrogens with one attached hydrogen (secondary N) is 1. The number of carboxylic acid groups (broad SMARTS) is 1. The number of carboxylic acids is 1. The Morgan fingerprint density at radius 3 is 2.52 bits per heavy atom. The summed E-state index contributed by atoms with van der Waals surface area (Å²) in [5.41, 5.74) is -2.41. The molecule has 2 aromatic rings.